The van der Waals surface area contributed by atoms with Crippen molar-refractivity contribution in [2.24, 2.45) is 0 Å². The first-order valence-electron chi connectivity index (χ1n) is 7.66. The van der Waals surface area contributed by atoms with Gasteiger partial charge in [-0.25, -0.2) is 0 Å². The van der Waals surface area contributed by atoms with Gasteiger partial charge in [0.25, 0.3) is 0 Å². The summed E-state index contributed by atoms with van der Waals surface area (Å²) in [4.78, 5) is 10.7. The van der Waals surface area contributed by atoms with E-state index in [1.807, 2.05) is 0 Å². The SMILES string of the molecule is CC(=O)CCOCCOCCOCCOCCNC(C)C. The molecule has 0 atom stereocenters. The van der Waals surface area contributed by atoms with Gasteiger partial charge in [0.05, 0.1) is 52.9 Å². The van der Waals surface area contributed by atoms with Gasteiger partial charge in [-0.15, -0.1) is 0 Å². The van der Waals surface area contributed by atoms with Crippen molar-refractivity contribution < 1.29 is 23.7 Å². The molecule has 0 aromatic rings. The Morgan fingerprint density at radius 2 is 1.24 bits per heavy atom. The van der Waals surface area contributed by atoms with Gasteiger partial charge in [-0.2, -0.15) is 0 Å². The molecule has 21 heavy (non-hydrogen) atoms. The molecule has 0 amide bonds. The Labute approximate surface area is 128 Å². The first kappa shape index (κ1) is 20.5. The van der Waals surface area contributed by atoms with Crippen LogP contribution in [0.5, 0.6) is 0 Å². The summed E-state index contributed by atoms with van der Waals surface area (Å²) < 4.78 is 21.3. The fourth-order valence-corrected chi connectivity index (χ4v) is 1.40. The Hall–Kier alpha value is -0.530. The van der Waals surface area contributed by atoms with E-state index >= 15 is 0 Å². The first-order chi connectivity index (χ1) is 10.1. The molecule has 0 fully saturated rings. The van der Waals surface area contributed by atoms with Gasteiger partial charge in [0.2, 0.25) is 0 Å². The first-order valence-corrected chi connectivity index (χ1v) is 7.66. The van der Waals surface area contributed by atoms with Gasteiger partial charge in [0.1, 0.15) is 5.78 Å². The minimum atomic E-state index is 0.145. The summed E-state index contributed by atoms with van der Waals surface area (Å²) in [6.45, 7) is 11.1. The monoisotopic (exact) mass is 305 g/mol. The number of hydrogen-bond donors (Lipinski definition) is 1. The number of Topliss-reactive ketones (excluding diaryl/α,β-unsaturated/α-hetero) is 1. The van der Waals surface area contributed by atoms with E-state index in [0.717, 1.165) is 6.54 Å². The standard InChI is InChI=1S/C15H31NO5/c1-14(2)16-5-7-19-9-11-21-13-12-20-10-8-18-6-4-15(3)17/h14,16H,4-13H2,1-3H3. The van der Waals surface area contributed by atoms with Crippen LogP contribution >= 0.6 is 0 Å². The van der Waals surface area contributed by atoms with Crippen molar-refractivity contribution in [1.82, 2.24) is 5.32 Å². The molecule has 0 saturated heterocycles. The van der Waals surface area contributed by atoms with Crippen molar-refractivity contribution in [1.29, 1.82) is 0 Å². The van der Waals surface area contributed by atoms with E-state index in [1.54, 1.807) is 6.92 Å². The summed E-state index contributed by atoms with van der Waals surface area (Å²) in [7, 11) is 0. The molecule has 0 aromatic heterocycles. The molecule has 6 heteroatoms. The van der Waals surface area contributed by atoms with Crippen LogP contribution in [0.25, 0.3) is 0 Å². The average Bonchev–Trinajstić information content (AvgIpc) is 2.42. The zero-order valence-electron chi connectivity index (χ0n) is 13.7. The summed E-state index contributed by atoms with van der Waals surface area (Å²) in [6, 6.07) is 0.494. The highest BCUT2D eigenvalue weighted by Crippen LogP contribution is 1.86. The quantitative estimate of drug-likeness (QED) is 0.430. The van der Waals surface area contributed by atoms with E-state index < -0.39 is 0 Å². The number of nitrogens with one attached hydrogen (secondary N) is 1. The third-order valence-electron chi connectivity index (χ3n) is 2.51. The maximum absolute atomic E-state index is 10.7. The van der Waals surface area contributed by atoms with Crippen LogP contribution in [0, 0.1) is 0 Å². The van der Waals surface area contributed by atoms with Gasteiger partial charge in [-0.3, -0.25) is 4.79 Å². The fourth-order valence-electron chi connectivity index (χ4n) is 1.40. The molecule has 1 N–H and O–H groups in total. The molecule has 126 valence electrons. The number of hydrogen-bond acceptors (Lipinski definition) is 6. The summed E-state index contributed by atoms with van der Waals surface area (Å²) in [6.07, 6.45) is 0.468. The van der Waals surface area contributed by atoms with Gasteiger partial charge < -0.3 is 24.3 Å². The highest BCUT2D eigenvalue weighted by atomic mass is 16.6. The minimum Gasteiger partial charge on any atom is -0.379 e. The normalized spacial score (nSPS) is 11.2. The number of rotatable bonds is 16. The van der Waals surface area contributed by atoms with E-state index in [1.165, 1.54) is 0 Å². The second-order valence-corrected chi connectivity index (χ2v) is 5.01. The van der Waals surface area contributed by atoms with Gasteiger partial charge in [0, 0.05) is 19.0 Å². The van der Waals surface area contributed by atoms with Crippen molar-refractivity contribution in [3.63, 3.8) is 0 Å². The van der Waals surface area contributed by atoms with Crippen molar-refractivity contribution >= 4 is 5.78 Å². The maximum atomic E-state index is 10.7. The van der Waals surface area contributed by atoms with Crippen molar-refractivity contribution in [2.75, 3.05) is 59.4 Å². The molecular weight excluding hydrogens is 274 g/mol. The Kier molecular flexibility index (Phi) is 15.5. The largest absolute Gasteiger partial charge is 0.379 e. The molecule has 0 spiro atoms. The van der Waals surface area contributed by atoms with Crippen LogP contribution < -0.4 is 5.32 Å². The third kappa shape index (κ3) is 19.5. The minimum absolute atomic E-state index is 0.145. The van der Waals surface area contributed by atoms with E-state index in [4.69, 9.17) is 18.9 Å². The van der Waals surface area contributed by atoms with Crippen LogP contribution in [0.2, 0.25) is 0 Å². The molecule has 0 aliphatic heterocycles. The lowest BCUT2D eigenvalue weighted by Gasteiger charge is -2.09. The van der Waals surface area contributed by atoms with Gasteiger partial charge >= 0.3 is 0 Å². The summed E-state index contributed by atoms with van der Waals surface area (Å²) in [5, 5.41) is 3.27. The third-order valence-corrected chi connectivity index (χ3v) is 2.51. The van der Waals surface area contributed by atoms with Crippen LogP contribution in [-0.4, -0.2) is 71.2 Å². The predicted molar refractivity (Wildman–Crippen MR) is 81.7 cm³/mol. The predicted octanol–water partition coefficient (Wildman–Crippen LogP) is 1.03. The Morgan fingerprint density at radius 1 is 0.810 bits per heavy atom. The number of carbonyl (C=O) groups excluding carboxylic acids is 1. The van der Waals surface area contributed by atoms with Gasteiger partial charge in [0.15, 0.2) is 0 Å². The molecular formula is C15H31NO5. The highest BCUT2D eigenvalue weighted by Gasteiger charge is 1.95. The second kappa shape index (κ2) is 15.9. The van der Waals surface area contributed by atoms with E-state index in [-0.39, 0.29) is 5.78 Å². The molecule has 0 rings (SSSR count). The number of ether oxygens (including phenoxy) is 4. The summed E-state index contributed by atoms with van der Waals surface area (Å²) in [5.41, 5.74) is 0. The molecule has 0 unspecified atom stereocenters. The molecule has 0 bridgehead atoms. The smallest absolute Gasteiger partial charge is 0.132 e. The van der Waals surface area contributed by atoms with Gasteiger partial charge in [-0.05, 0) is 6.92 Å². The lowest BCUT2D eigenvalue weighted by molar-refractivity contribution is -0.118. The zero-order valence-corrected chi connectivity index (χ0v) is 13.7. The number of carbonyl (C=O) groups is 1. The maximum Gasteiger partial charge on any atom is 0.132 e. The van der Waals surface area contributed by atoms with Crippen molar-refractivity contribution in [2.45, 2.75) is 33.2 Å². The van der Waals surface area contributed by atoms with Crippen molar-refractivity contribution in [3.8, 4) is 0 Å². The highest BCUT2D eigenvalue weighted by molar-refractivity contribution is 5.75. The fraction of sp³-hybridized carbons (Fsp3) is 0.933. The molecule has 0 saturated carbocycles. The van der Waals surface area contributed by atoms with Crippen molar-refractivity contribution in [3.05, 3.63) is 0 Å². The topological polar surface area (TPSA) is 66.0 Å². The summed E-state index contributed by atoms with van der Waals surface area (Å²) >= 11 is 0. The zero-order chi connectivity index (χ0) is 15.8. The Bertz CT molecular complexity index is 236. The molecule has 6 nitrogen and oxygen atoms in total. The van der Waals surface area contributed by atoms with Crippen LogP contribution in [0.1, 0.15) is 27.2 Å². The second-order valence-electron chi connectivity index (χ2n) is 5.01. The molecule has 0 aliphatic carbocycles. The molecule has 0 aliphatic rings. The van der Waals surface area contributed by atoms with Crippen LogP contribution in [0.3, 0.4) is 0 Å². The molecule has 0 aromatic carbocycles. The van der Waals surface area contributed by atoms with E-state index in [9.17, 15) is 4.79 Å². The van der Waals surface area contributed by atoms with Crippen LogP contribution in [0.15, 0.2) is 0 Å². The van der Waals surface area contributed by atoms with Gasteiger partial charge in [-0.1, -0.05) is 13.8 Å². The number of ketones is 1. The van der Waals surface area contributed by atoms with Crippen LogP contribution in [-0.2, 0) is 23.7 Å². The lowest BCUT2D eigenvalue weighted by Crippen LogP contribution is -2.27. The molecule has 0 heterocycles. The van der Waals surface area contributed by atoms with E-state index in [2.05, 4.69) is 19.2 Å². The Balaban J connectivity index is 2.98. The Morgan fingerprint density at radius 3 is 1.67 bits per heavy atom. The summed E-state index contributed by atoms with van der Waals surface area (Å²) in [5.74, 6) is 0.145. The van der Waals surface area contributed by atoms with Crippen LogP contribution in [0.4, 0.5) is 0 Å². The lowest BCUT2D eigenvalue weighted by atomic mass is 10.3. The molecule has 0 radical (unpaired) electrons. The van der Waals surface area contributed by atoms with E-state index in [0.29, 0.717) is 65.3 Å². The average molecular weight is 305 g/mol.